The number of carboxylic acids is 1. The fourth-order valence-electron chi connectivity index (χ4n) is 1.69. The van der Waals surface area contributed by atoms with Crippen LogP contribution in [0.25, 0.3) is 6.08 Å². The third kappa shape index (κ3) is 6.63. The highest BCUT2D eigenvalue weighted by Crippen LogP contribution is 2.21. The Morgan fingerprint density at radius 1 is 1.39 bits per heavy atom. The van der Waals surface area contributed by atoms with Crippen LogP contribution in [0.15, 0.2) is 29.8 Å². The summed E-state index contributed by atoms with van der Waals surface area (Å²) in [5, 5.41) is 20.4. The zero-order valence-corrected chi connectivity index (χ0v) is 12.7. The van der Waals surface area contributed by atoms with Crippen LogP contribution in [0, 0.1) is 11.3 Å². The van der Waals surface area contributed by atoms with Gasteiger partial charge in [-0.2, -0.15) is 5.26 Å². The van der Waals surface area contributed by atoms with Crippen molar-refractivity contribution in [3.8, 4) is 11.8 Å². The van der Waals surface area contributed by atoms with Crippen molar-refractivity contribution in [2.75, 3.05) is 26.9 Å². The number of rotatable bonds is 9. The number of benzene rings is 1. The van der Waals surface area contributed by atoms with Gasteiger partial charge in [0, 0.05) is 25.8 Å². The number of para-hydroxylation sites is 1. The molecular weight excluding hydrogens is 300 g/mol. The van der Waals surface area contributed by atoms with E-state index in [0.717, 1.165) is 0 Å². The van der Waals surface area contributed by atoms with Crippen LogP contribution in [-0.4, -0.2) is 43.9 Å². The Hall–Kier alpha value is -2.85. The second-order valence-electron chi connectivity index (χ2n) is 4.49. The summed E-state index contributed by atoms with van der Waals surface area (Å²) in [4.78, 5) is 22.5. The van der Waals surface area contributed by atoms with Gasteiger partial charge in [0.15, 0.2) is 6.61 Å². The topological polar surface area (TPSA) is 109 Å². The van der Waals surface area contributed by atoms with Crippen molar-refractivity contribution < 1.29 is 24.2 Å². The van der Waals surface area contributed by atoms with Crippen molar-refractivity contribution in [2.45, 2.75) is 6.42 Å². The highest BCUT2D eigenvalue weighted by Gasteiger charge is 2.10. The number of nitrogens with one attached hydrogen (secondary N) is 1. The van der Waals surface area contributed by atoms with Crippen LogP contribution in [0.5, 0.6) is 5.75 Å². The van der Waals surface area contributed by atoms with Gasteiger partial charge in [-0.05, 0) is 18.6 Å². The number of carbonyl (C=O) groups excluding carboxylic acids is 1. The molecule has 23 heavy (non-hydrogen) atoms. The maximum atomic E-state index is 11.9. The van der Waals surface area contributed by atoms with Crippen molar-refractivity contribution in [2.24, 2.45) is 0 Å². The lowest BCUT2D eigenvalue weighted by Crippen LogP contribution is -2.26. The fraction of sp³-hybridized carbons (Fsp3) is 0.312. The number of nitrogens with zero attached hydrogens (tertiary/aromatic N) is 1. The molecule has 0 aliphatic heterocycles. The average molecular weight is 318 g/mol. The highest BCUT2D eigenvalue weighted by molar-refractivity contribution is 6.01. The SMILES string of the molecule is COCCCNC(=O)/C(C#N)=C/c1ccccc1OCC(=O)O. The lowest BCUT2D eigenvalue weighted by Gasteiger charge is -2.08. The molecule has 7 nitrogen and oxygen atoms in total. The van der Waals surface area contributed by atoms with Crippen LogP contribution in [0.3, 0.4) is 0 Å². The number of nitriles is 1. The maximum absolute atomic E-state index is 11.9. The molecule has 0 bridgehead atoms. The number of aliphatic carboxylic acids is 1. The highest BCUT2D eigenvalue weighted by atomic mass is 16.5. The zero-order chi connectivity index (χ0) is 17.1. The van der Waals surface area contributed by atoms with E-state index in [1.165, 1.54) is 6.08 Å². The number of carboxylic acid groups (broad SMARTS) is 1. The third-order valence-electron chi connectivity index (χ3n) is 2.75. The van der Waals surface area contributed by atoms with Gasteiger partial charge in [0.05, 0.1) is 0 Å². The smallest absolute Gasteiger partial charge is 0.341 e. The molecule has 0 radical (unpaired) electrons. The molecule has 1 amide bonds. The predicted molar refractivity (Wildman–Crippen MR) is 82.7 cm³/mol. The number of amides is 1. The van der Waals surface area contributed by atoms with Crippen LogP contribution >= 0.6 is 0 Å². The van der Waals surface area contributed by atoms with Gasteiger partial charge in [0.2, 0.25) is 0 Å². The van der Waals surface area contributed by atoms with Gasteiger partial charge >= 0.3 is 5.97 Å². The Balaban J connectivity index is 2.83. The summed E-state index contributed by atoms with van der Waals surface area (Å²) in [5.74, 6) is -1.33. The van der Waals surface area contributed by atoms with Gasteiger partial charge < -0.3 is 19.9 Å². The normalized spacial score (nSPS) is 10.7. The van der Waals surface area contributed by atoms with Crippen LogP contribution in [0.1, 0.15) is 12.0 Å². The lowest BCUT2D eigenvalue weighted by molar-refractivity contribution is -0.139. The molecule has 0 unspecified atom stereocenters. The lowest BCUT2D eigenvalue weighted by atomic mass is 10.1. The number of methoxy groups -OCH3 is 1. The minimum absolute atomic E-state index is 0.0891. The molecule has 7 heteroatoms. The predicted octanol–water partition coefficient (Wildman–Crippen LogP) is 1.21. The van der Waals surface area contributed by atoms with Crippen LogP contribution < -0.4 is 10.1 Å². The molecule has 0 atom stereocenters. The van der Waals surface area contributed by atoms with Crippen LogP contribution in [0.4, 0.5) is 0 Å². The molecule has 1 aromatic carbocycles. The molecule has 0 spiro atoms. The molecule has 0 fully saturated rings. The van der Waals surface area contributed by atoms with Crippen molar-refractivity contribution in [1.82, 2.24) is 5.32 Å². The Morgan fingerprint density at radius 2 is 2.13 bits per heavy atom. The average Bonchev–Trinajstić information content (AvgIpc) is 2.55. The Bertz CT molecular complexity index is 619. The van der Waals surface area contributed by atoms with E-state index in [9.17, 15) is 9.59 Å². The monoisotopic (exact) mass is 318 g/mol. The minimum Gasteiger partial charge on any atom is -0.481 e. The van der Waals surface area contributed by atoms with Crippen molar-refractivity contribution in [3.05, 3.63) is 35.4 Å². The molecular formula is C16H18N2O5. The standard InChI is InChI=1S/C16H18N2O5/c1-22-8-4-7-18-16(21)13(10-17)9-12-5-2-3-6-14(12)23-11-15(19)20/h2-3,5-6,9H,4,7-8,11H2,1H3,(H,18,21)(H,19,20)/b13-9+. The van der Waals surface area contributed by atoms with Crippen molar-refractivity contribution in [1.29, 1.82) is 5.26 Å². The van der Waals surface area contributed by atoms with Crippen molar-refractivity contribution >= 4 is 18.0 Å². The van der Waals surface area contributed by atoms with E-state index in [2.05, 4.69) is 5.32 Å². The summed E-state index contributed by atoms with van der Waals surface area (Å²) in [6, 6.07) is 8.40. The Morgan fingerprint density at radius 3 is 2.78 bits per heavy atom. The molecule has 0 heterocycles. The van der Waals surface area contributed by atoms with Crippen LogP contribution in [-0.2, 0) is 14.3 Å². The zero-order valence-electron chi connectivity index (χ0n) is 12.7. The molecule has 1 aromatic rings. The first kappa shape index (κ1) is 18.2. The van der Waals surface area contributed by atoms with E-state index < -0.39 is 18.5 Å². The molecule has 122 valence electrons. The largest absolute Gasteiger partial charge is 0.481 e. The van der Waals surface area contributed by atoms with Gasteiger partial charge in [-0.25, -0.2) is 4.79 Å². The number of hydrogen-bond acceptors (Lipinski definition) is 5. The van der Waals surface area contributed by atoms with Gasteiger partial charge in [0.25, 0.3) is 5.91 Å². The van der Waals surface area contributed by atoms with Gasteiger partial charge in [-0.15, -0.1) is 0 Å². The summed E-state index contributed by atoms with van der Waals surface area (Å²) < 4.78 is 10.0. The van der Waals surface area contributed by atoms with E-state index in [1.54, 1.807) is 31.4 Å². The van der Waals surface area contributed by atoms with Gasteiger partial charge in [-0.3, -0.25) is 4.79 Å². The molecule has 0 aromatic heterocycles. The van der Waals surface area contributed by atoms with Gasteiger partial charge in [-0.1, -0.05) is 18.2 Å². The molecule has 0 aliphatic carbocycles. The Labute approximate surface area is 134 Å². The Kier molecular flexibility index (Phi) is 7.89. The van der Waals surface area contributed by atoms with E-state index >= 15 is 0 Å². The third-order valence-corrected chi connectivity index (χ3v) is 2.75. The molecule has 1 rings (SSSR count). The summed E-state index contributed by atoms with van der Waals surface area (Å²) in [7, 11) is 1.57. The molecule has 0 saturated carbocycles. The number of hydrogen-bond donors (Lipinski definition) is 2. The first-order valence-electron chi connectivity index (χ1n) is 6.91. The van der Waals surface area contributed by atoms with Gasteiger partial charge in [0.1, 0.15) is 17.4 Å². The quantitative estimate of drug-likeness (QED) is 0.402. The van der Waals surface area contributed by atoms with E-state index in [0.29, 0.717) is 25.1 Å². The van der Waals surface area contributed by atoms with E-state index in [4.69, 9.17) is 19.8 Å². The van der Waals surface area contributed by atoms with E-state index in [-0.39, 0.29) is 11.3 Å². The second-order valence-corrected chi connectivity index (χ2v) is 4.49. The van der Waals surface area contributed by atoms with E-state index in [1.807, 2.05) is 6.07 Å². The summed E-state index contributed by atoms with van der Waals surface area (Å²) in [6.07, 6.45) is 2.00. The number of carbonyl (C=O) groups is 2. The van der Waals surface area contributed by atoms with Crippen LogP contribution in [0.2, 0.25) is 0 Å². The molecule has 0 saturated heterocycles. The first-order valence-corrected chi connectivity index (χ1v) is 6.91. The summed E-state index contributed by atoms with van der Waals surface area (Å²) in [6.45, 7) is 0.399. The summed E-state index contributed by atoms with van der Waals surface area (Å²) in [5.41, 5.74) is 0.367. The van der Waals surface area contributed by atoms with Crippen molar-refractivity contribution in [3.63, 3.8) is 0 Å². The maximum Gasteiger partial charge on any atom is 0.341 e. The second kappa shape index (κ2) is 9.97. The number of ether oxygens (including phenoxy) is 2. The molecule has 2 N–H and O–H groups in total. The minimum atomic E-state index is -1.11. The summed E-state index contributed by atoms with van der Waals surface area (Å²) >= 11 is 0. The first-order chi connectivity index (χ1) is 11.1. The molecule has 0 aliphatic rings. The fourth-order valence-corrected chi connectivity index (χ4v) is 1.69.